The van der Waals surface area contributed by atoms with Gasteiger partial charge in [-0.3, -0.25) is 19.2 Å². The number of piperazine rings is 1. The number of nitrogens with zero attached hydrogens (tertiary/aromatic N) is 7. The van der Waals surface area contributed by atoms with Crippen molar-refractivity contribution in [3.63, 3.8) is 0 Å². The molecule has 3 heterocycles. The van der Waals surface area contributed by atoms with Crippen molar-refractivity contribution < 1.29 is 4.79 Å². The summed E-state index contributed by atoms with van der Waals surface area (Å²) in [6.07, 6.45) is 3.60. The first kappa shape index (κ1) is 20.9. The van der Waals surface area contributed by atoms with Crippen molar-refractivity contribution in [1.82, 2.24) is 29.8 Å². The van der Waals surface area contributed by atoms with Crippen LogP contribution >= 0.6 is 0 Å². The molecule has 9 nitrogen and oxygen atoms in total. The molecule has 1 N–H and O–H groups in total. The van der Waals surface area contributed by atoms with Gasteiger partial charge >= 0.3 is 0 Å². The highest BCUT2D eigenvalue weighted by Gasteiger charge is 2.27. The van der Waals surface area contributed by atoms with Crippen LogP contribution in [0.15, 0.2) is 23.5 Å². The third-order valence-corrected chi connectivity index (χ3v) is 5.00. The predicted molar refractivity (Wildman–Crippen MR) is 114 cm³/mol. The highest BCUT2D eigenvalue weighted by atomic mass is 16.2. The van der Waals surface area contributed by atoms with Gasteiger partial charge in [-0.05, 0) is 32.8 Å². The van der Waals surface area contributed by atoms with Gasteiger partial charge in [-0.15, -0.1) is 0 Å². The molecule has 0 bridgehead atoms. The van der Waals surface area contributed by atoms with E-state index in [1.54, 1.807) is 15.8 Å². The lowest BCUT2D eigenvalue weighted by atomic mass is 10.2. The summed E-state index contributed by atoms with van der Waals surface area (Å²) in [4.78, 5) is 21.3. The molecule has 1 atom stereocenters. The third kappa shape index (κ3) is 5.16. The number of hydrogen-bond donors (Lipinski definition) is 1. The molecule has 9 heteroatoms. The highest BCUT2D eigenvalue weighted by molar-refractivity contribution is 5.98. The van der Waals surface area contributed by atoms with Gasteiger partial charge in [0.1, 0.15) is 6.54 Å². The van der Waals surface area contributed by atoms with Gasteiger partial charge in [0.2, 0.25) is 5.91 Å². The smallest absolute Gasteiger partial charge is 0.246 e. The summed E-state index contributed by atoms with van der Waals surface area (Å²) in [5.74, 6) is 1.20. The minimum atomic E-state index is 0.0607. The zero-order valence-corrected chi connectivity index (χ0v) is 18.1. The van der Waals surface area contributed by atoms with Gasteiger partial charge in [0.05, 0.1) is 17.6 Å². The van der Waals surface area contributed by atoms with Crippen LogP contribution in [0.5, 0.6) is 0 Å². The first-order valence-corrected chi connectivity index (χ1v) is 10.2. The maximum Gasteiger partial charge on any atom is 0.246 e. The van der Waals surface area contributed by atoms with Gasteiger partial charge in [0.25, 0.3) is 0 Å². The Morgan fingerprint density at radius 3 is 2.72 bits per heavy atom. The molecule has 2 aromatic rings. The Hall–Kier alpha value is -2.84. The molecule has 1 amide bonds. The number of aryl methyl sites for hydroxylation is 3. The van der Waals surface area contributed by atoms with E-state index in [2.05, 4.69) is 35.4 Å². The van der Waals surface area contributed by atoms with E-state index in [9.17, 15) is 4.79 Å². The van der Waals surface area contributed by atoms with Crippen LogP contribution in [0.1, 0.15) is 25.2 Å². The summed E-state index contributed by atoms with van der Waals surface area (Å²) in [6.45, 7) is 12.2. The van der Waals surface area contributed by atoms with Crippen molar-refractivity contribution in [3.8, 4) is 0 Å². The van der Waals surface area contributed by atoms with Gasteiger partial charge in [-0.25, -0.2) is 0 Å². The quantitative estimate of drug-likeness (QED) is 0.582. The van der Waals surface area contributed by atoms with Crippen LogP contribution in [0, 0.1) is 19.8 Å². The van der Waals surface area contributed by atoms with E-state index in [0.717, 1.165) is 37.0 Å². The van der Waals surface area contributed by atoms with E-state index in [-0.39, 0.29) is 5.91 Å². The molecule has 0 saturated carbocycles. The number of guanidine groups is 1. The average molecular weight is 401 g/mol. The number of anilines is 1. The first-order chi connectivity index (χ1) is 13.9. The Morgan fingerprint density at radius 2 is 2.14 bits per heavy atom. The molecule has 1 saturated heterocycles. The number of aromatic nitrogens is 4. The van der Waals surface area contributed by atoms with Gasteiger partial charge in [0.15, 0.2) is 5.96 Å². The van der Waals surface area contributed by atoms with E-state index in [1.807, 2.05) is 36.7 Å². The second-order valence-electron chi connectivity index (χ2n) is 7.75. The van der Waals surface area contributed by atoms with Crippen molar-refractivity contribution in [2.75, 3.05) is 37.6 Å². The van der Waals surface area contributed by atoms with Crippen LogP contribution in [0.25, 0.3) is 0 Å². The van der Waals surface area contributed by atoms with E-state index >= 15 is 0 Å². The number of aliphatic imine (C=N–C) groups is 1. The van der Waals surface area contributed by atoms with Crippen molar-refractivity contribution >= 4 is 17.6 Å². The monoisotopic (exact) mass is 400 g/mol. The first-order valence-electron chi connectivity index (χ1n) is 10.2. The summed E-state index contributed by atoms with van der Waals surface area (Å²) in [5, 5.41) is 12.0. The normalized spacial score (nSPS) is 16.4. The van der Waals surface area contributed by atoms with Gasteiger partial charge in [0, 0.05) is 51.7 Å². The predicted octanol–water partition coefficient (Wildman–Crippen LogP) is 1.18. The fraction of sp³-hybridized carbons (Fsp3) is 0.600. The Kier molecular flexibility index (Phi) is 6.56. The van der Waals surface area contributed by atoms with Crippen LogP contribution in [0.4, 0.5) is 5.69 Å². The molecular weight excluding hydrogens is 368 g/mol. The Bertz CT molecular complexity index is 868. The molecule has 29 heavy (non-hydrogen) atoms. The average Bonchev–Trinajstić information content (AvgIpc) is 3.23. The van der Waals surface area contributed by atoms with E-state index in [1.165, 1.54) is 5.69 Å². The van der Waals surface area contributed by atoms with Crippen LogP contribution < -0.4 is 10.2 Å². The number of nitrogens with one attached hydrogen (secondary N) is 1. The minimum absolute atomic E-state index is 0.0607. The van der Waals surface area contributed by atoms with Gasteiger partial charge in [-0.2, -0.15) is 10.2 Å². The van der Waals surface area contributed by atoms with Crippen LogP contribution in [0.3, 0.4) is 0 Å². The summed E-state index contributed by atoms with van der Waals surface area (Å²) in [7, 11) is 1.85. The van der Waals surface area contributed by atoms with Crippen molar-refractivity contribution in [3.05, 3.63) is 29.8 Å². The van der Waals surface area contributed by atoms with Crippen molar-refractivity contribution in [2.45, 2.75) is 34.2 Å². The summed E-state index contributed by atoms with van der Waals surface area (Å²) >= 11 is 0. The van der Waals surface area contributed by atoms with Gasteiger partial charge < -0.3 is 15.1 Å². The third-order valence-electron chi connectivity index (χ3n) is 5.00. The summed E-state index contributed by atoms with van der Waals surface area (Å²) in [5.41, 5.74) is 3.05. The molecule has 1 fully saturated rings. The molecule has 3 rings (SSSR count). The zero-order chi connectivity index (χ0) is 21.0. The van der Waals surface area contributed by atoms with E-state index < -0.39 is 0 Å². The van der Waals surface area contributed by atoms with Crippen LogP contribution in [-0.4, -0.2) is 69.1 Å². The summed E-state index contributed by atoms with van der Waals surface area (Å²) in [6, 6.07) is 2.09. The fourth-order valence-electron chi connectivity index (χ4n) is 3.56. The highest BCUT2D eigenvalue weighted by Crippen LogP contribution is 2.16. The molecule has 0 spiro atoms. The largest absolute Gasteiger partial charge is 0.357 e. The number of hydrogen-bond acceptors (Lipinski definition) is 4. The zero-order valence-electron chi connectivity index (χ0n) is 18.1. The molecule has 2 aromatic heterocycles. The van der Waals surface area contributed by atoms with Crippen LogP contribution in [-0.2, 0) is 18.4 Å². The maximum atomic E-state index is 12.7. The number of carbonyl (C=O) groups is 1. The van der Waals surface area contributed by atoms with Crippen molar-refractivity contribution in [1.29, 1.82) is 0 Å². The molecule has 1 aliphatic heterocycles. The maximum absolute atomic E-state index is 12.7. The second-order valence-corrected chi connectivity index (χ2v) is 7.75. The molecule has 1 aliphatic rings. The molecule has 1 unspecified atom stereocenters. The van der Waals surface area contributed by atoms with Crippen LogP contribution in [0.2, 0.25) is 0 Å². The number of carbonyl (C=O) groups excluding carboxylic acids is 1. The lowest BCUT2D eigenvalue weighted by Crippen LogP contribution is -2.55. The molecular formula is C20H32N8O. The topological polar surface area (TPSA) is 83.6 Å². The fourth-order valence-corrected chi connectivity index (χ4v) is 3.56. The number of rotatable bonds is 6. The lowest BCUT2D eigenvalue weighted by Gasteiger charge is -2.35. The Labute approximate surface area is 172 Å². The summed E-state index contributed by atoms with van der Waals surface area (Å²) < 4.78 is 3.75. The Morgan fingerprint density at radius 1 is 1.34 bits per heavy atom. The second kappa shape index (κ2) is 9.11. The van der Waals surface area contributed by atoms with Crippen molar-refractivity contribution in [2.24, 2.45) is 18.0 Å². The SMILES string of the molecule is CCNC(=NCC(C)Cn1nc(C)cc1C)N1CCN(c2cnn(C)c2)C(=O)C1. The molecule has 158 valence electrons. The molecule has 0 aliphatic carbocycles. The lowest BCUT2D eigenvalue weighted by molar-refractivity contribution is -0.120. The number of amides is 1. The van der Waals surface area contributed by atoms with Gasteiger partial charge in [-0.1, -0.05) is 6.92 Å². The molecule has 0 aromatic carbocycles. The van der Waals surface area contributed by atoms with E-state index in [0.29, 0.717) is 25.6 Å². The van der Waals surface area contributed by atoms with E-state index in [4.69, 9.17) is 4.99 Å². The minimum Gasteiger partial charge on any atom is -0.357 e. The standard InChI is InChI=1S/C20H32N8O/c1-6-21-20(22-10-15(2)12-28-17(4)9-16(3)24-28)26-7-8-27(19(29)14-26)18-11-23-25(5)13-18/h9,11,13,15H,6-8,10,12,14H2,1-5H3,(H,21,22). The Balaban J connectivity index is 1.61. The molecule has 0 radical (unpaired) electrons.